The van der Waals surface area contributed by atoms with Crippen LogP contribution >= 0.6 is 43.2 Å². The van der Waals surface area contributed by atoms with Crippen molar-refractivity contribution in [3.63, 3.8) is 0 Å². The summed E-state index contributed by atoms with van der Waals surface area (Å²) in [5, 5.41) is 0. The molecule has 1 fully saturated rings. The number of hydrogen-bond donors (Lipinski definition) is 1. The topological polar surface area (TPSA) is 29.3 Å². The fourth-order valence-electron chi connectivity index (χ4n) is 2.95. The Kier molecular flexibility index (Phi) is 6.34. The Morgan fingerprint density at radius 1 is 1.37 bits per heavy atom. The molecule has 19 heavy (non-hydrogen) atoms. The first-order valence-electron chi connectivity index (χ1n) is 6.97. The lowest BCUT2D eigenvalue weighted by molar-refractivity contribution is 0.187. The Hall–Kier alpha value is 0.580. The molecule has 0 spiro atoms. The van der Waals surface area contributed by atoms with Crippen LogP contribution in [0, 0.1) is 5.92 Å². The monoisotopic (exact) mass is 408 g/mol. The predicted molar refractivity (Wildman–Crippen MR) is 90.7 cm³/mol. The van der Waals surface area contributed by atoms with Crippen LogP contribution in [0.2, 0.25) is 0 Å². The van der Waals surface area contributed by atoms with E-state index in [9.17, 15) is 0 Å². The maximum atomic E-state index is 6.00. The van der Waals surface area contributed by atoms with Gasteiger partial charge in [0.1, 0.15) is 0 Å². The van der Waals surface area contributed by atoms with Gasteiger partial charge >= 0.3 is 0 Å². The summed E-state index contributed by atoms with van der Waals surface area (Å²) in [4.78, 5) is 3.79. The normalized spacial score (nSPS) is 19.0. The molecule has 2 nitrogen and oxygen atoms in total. The van der Waals surface area contributed by atoms with Gasteiger partial charge in [0.15, 0.2) is 0 Å². The molecule has 1 saturated carbocycles. The van der Waals surface area contributed by atoms with E-state index in [4.69, 9.17) is 5.73 Å². The molecule has 0 bridgehead atoms. The second-order valence-electron chi connectivity index (χ2n) is 5.47. The van der Waals surface area contributed by atoms with E-state index >= 15 is 0 Å². The lowest BCUT2D eigenvalue weighted by atomic mass is 9.88. The third kappa shape index (κ3) is 4.27. The molecule has 1 aliphatic rings. The molecule has 1 heterocycles. The SMILES string of the molecule is CN(CC1CCCCC1)C(CN)c1cc(Br)c(Br)s1. The van der Waals surface area contributed by atoms with Gasteiger partial charge in [0, 0.05) is 22.4 Å². The van der Waals surface area contributed by atoms with Gasteiger partial charge in [0.25, 0.3) is 0 Å². The number of nitrogens with zero attached hydrogens (tertiary/aromatic N) is 1. The molecule has 2 rings (SSSR count). The first-order valence-corrected chi connectivity index (χ1v) is 9.37. The molecule has 1 aliphatic carbocycles. The molecule has 2 N–H and O–H groups in total. The van der Waals surface area contributed by atoms with E-state index < -0.39 is 0 Å². The fraction of sp³-hybridized carbons (Fsp3) is 0.714. The second kappa shape index (κ2) is 7.55. The quantitative estimate of drug-likeness (QED) is 0.757. The highest BCUT2D eigenvalue weighted by molar-refractivity contribution is 9.13. The Bertz CT molecular complexity index is 383. The Labute approximate surface area is 137 Å². The maximum Gasteiger partial charge on any atom is 0.0843 e. The van der Waals surface area contributed by atoms with Gasteiger partial charge in [-0.2, -0.15) is 0 Å². The van der Waals surface area contributed by atoms with Gasteiger partial charge in [-0.15, -0.1) is 11.3 Å². The van der Waals surface area contributed by atoms with Crippen LogP contribution in [-0.2, 0) is 0 Å². The van der Waals surface area contributed by atoms with Crippen molar-refractivity contribution >= 4 is 43.2 Å². The van der Waals surface area contributed by atoms with Crippen LogP contribution in [0.5, 0.6) is 0 Å². The minimum Gasteiger partial charge on any atom is -0.329 e. The van der Waals surface area contributed by atoms with E-state index in [1.54, 1.807) is 11.3 Å². The smallest absolute Gasteiger partial charge is 0.0843 e. The summed E-state index contributed by atoms with van der Waals surface area (Å²) in [7, 11) is 2.22. The van der Waals surface area contributed by atoms with Crippen LogP contribution in [0.25, 0.3) is 0 Å². The Morgan fingerprint density at radius 2 is 2.05 bits per heavy atom. The third-order valence-electron chi connectivity index (χ3n) is 4.02. The van der Waals surface area contributed by atoms with Gasteiger partial charge in [-0.3, -0.25) is 4.90 Å². The molecule has 108 valence electrons. The van der Waals surface area contributed by atoms with Gasteiger partial charge in [-0.25, -0.2) is 0 Å². The highest BCUT2D eigenvalue weighted by atomic mass is 79.9. The lowest BCUT2D eigenvalue weighted by Crippen LogP contribution is -2.34. The van der Waals surface area contributed by atoms with Crippen LogP contribution in [0.15, 0.2) is 14.3 Å². The lowest BCUT2D eigenvalue weighted by Gasteiger charge is -2.31. The molecular formula is C14H22Br2N2S. The van der Waals surface area contributed by atoms with Crippen LogP contribution in [-0.4, -0.2) is 25.0 Å². The number of likely N-dealkylation sites (N-methyl/N-ethyl adjacent to an activating group) is 1. The summed E-state index contributed by atoms with van der Waals surface area (Å²) in [6.45, 7) is 1.86. The van der Waals surface area contributed by atoms with Crippen LogP contribution in [0.1, 0.15) is 43.0 Å². The van der Waals surface area contributed by atoms with Crippen molar-refractivity contribution in [2.24, 2.45) is 11.7 Å². The molecule has 1 aromatic rings. The molecule has 1 aromatic heterocycles. The molecule has 1 atom stereocenters. The number of rotatable bonds is 5. The van der Waals surface area contributed by atoms with Crippen molar-refractivity contribution in [2.75, 3.05) is 20.1 Å². The highest BCUT2D eigenvalue weighted by Gasteiger charge is 2.22. The van der Waals surface area contributed by atoms with Crippen molar-refractivity contribution < 1.29 is 0 Å². The number of halogens is 2. The van der Waals surface area contributed by atoms with Crippen LogP contribution in [0.4, 0.5) is 0 Å². The Morgan fingerprint density at radius 3 is 2.58 bits per heavy atom. The van der Waals surface area contributed by atoms with Crippen molar-refractivity contribution in [1.82, 2.24) is 4.90 Å². The van der Waals surface area contributed by atoms with Crippen molar-refractivity contribution in [1.29, 1.82) is 0 Å². The first kappa shape index (κ1) is 16.0. The van der Waals surface area contributed by atoms with E-state index in [2.05, 4.69) is 49.9 Å². The average Bonchev–Trinajstić information content (AvgIpc) is 2.71. The van der Waals surface area contributed by atoms with E-state index in [1.807, 2.05) is 0 Å². The highest BCUT2D eigenvalue weighted by Crippen LogP contribution is 2.37. The van der Waals surface area contributed by atoms with E-state index in [0.717, 1.165) is 14.2 Å². The van der Waals surface area contributed by atoms with Crippen LogP contribution in [0.3, 0.4) is 0 Å². The summed E-state index contributed by atoms with van der Waals surface area (Å²) in [5.41, 5.74) is 6.00. The van der Waals surface area contributed by atoms with Crippen molar-refractivity contribution in [3.8, 4) is 0 Å². The summed E-state index contributed by atoms with van der Waals surface area (Å²) in [5.74, 6) is 0.861. The largest absolute Gasteiger partial charge is 0.329 e. The fourth-order valence-corrected chi connectivity index (χ4v) is 5.21. The van der Waals surface area contributed by atoms with E-state index in [0.29, 0.717) is 12.6 Å². The molecule has 1 unspecified atom stereocenters. The van der Waals surface area contributed by atoms with Gasteiger partial charge in [-0.05, 0) is 63.7 Å². The summed E-state index contributed by atoms with van der Waals surface area (Å²) in [6, 6.07) is 2.54. The zero-order chi connectivity index (χ0) is 13.8. The van der Waals surface area contributed by atoms with Gasteiger partial charge in [-0.1, -0.05) is 19.3 Å². The number of thiophene rings is 1. The maximum absolute atomic E-state index is 6.00. The predicted octanol–water partition coefficient (Wildman–Crippen LogP) is 4.79. The Balaban J connectivity index is 1.99. The average molecular weight is 410 g/mol. The molecule has 5 heteroatoms. The molecule has 0 radical (unpaired) electrons. The summed E-state index contributed by atoms with van der Waals surface area (Å²) < 4.78 is 2.30. The summed E-state index contributed by atoms with van der Waals surface area (Å²) in [6.07, 6.45) is 7.01. The van der Waals surface area contributed by atoms with Gasteiger partial charge < -0.3 is 5.73 Å². The number of hydrogen-bond acceptors (Lipinski definition) is 3. The van der Waals surface area contributed by atoms with Gasteiger partial charge in [0.2, 0.25) is 0 Å². The molecular weight excluding hydrogens is 388 g/mol. The standard InChI is InChI=1S/C14H22Br2N2S/c1-18(9-10-5-3-2-4-6-10)12(8-17)13-7-11(15)14(16)19-13/h7,10,12H,2-6,8-9,17H2,1H3. The minimum absolute atomic E-state index is 0.342. The van der Waals surface area contributed by atoms with Crippen molar-refractivity contribution in [2.45, 2.75) is 38.1 Å². The molecule has 0 saturated heterocycles. The molecule has 0 aromatic carbocycles. The zero-order valence-corrected chi connectivity index (χ0v) is 15.4. The van der Waals surface area contributed by atoms with Crippen LogP contribution < -0.4 is 5.73 Å². The second-order valence-corrected chi connectivity index (χ2v) is 8.72. The minimum atomic E-state index is 0.342. The number of nitrogens with two attached hydrogens (primary N) is 1. The van der Waals surface area contributed by atoms with Crippen molar-refractivity contribution in [3.05, 3.63) is 19.2 Å². The van der Waals surface area contributed by atoms with E-state index in [1.165, 1.54) is 43.5 Å². The molecule has 0 amide bonds. The first-order chi connectivity index (χ1) is 9.11. The zero-order valence-electron chi connectivity index (χ0n) is 11.4. The summed E-state index contributed by atoms with van der Waals surface area (Å²) >= 11 is 8.92. The van der Waals surface area contributed by atoms with Gasteiger partial charge in [0.05, 0.1) is 9.83 Å². The third-order valence-corrected chi connectivity index (χ3v) is 7.38. The molecule has 0 aliphatic heterocycles. The van der Waals surface area contributed by atoms with E-state index in [-0.39, 0.29) is 0 Å².